The fraction of sp³-hybridized carbons (Fsp3) is 0.857. The second-order valence-electron chi connectivity index (χ2n) is 5.56. The number of nitrogens with two attached hydrogens (primary N) is 1. The molecule has 2 aliphatic rings. The van der Waals surface area contributed by atoms with E-state index in [2.05, 4.69) is 15.2 Å². The highest BCUT2D eigenvalue weighted by atomic mass is 127. The Morgan fingerprint density at radius 3 is 2.50 bits per heavy atom. The summed E-state index contributed by atoms with van der Waals surface area (Å²) in [4.78, 5) is 18.1. The van der Waals surface area contributed by atoms with Gasteiger partial charge >= 0.3 is 0 Å². The topological polar surface area (TPSA) is 70.7 Å². The number of amides is 1. The van der Waals surface area contributed by atoms with Crippen molar-refractivity contribution in [3.63, 3.8) is 0 Å². The van der Waals surface area contributed by atoms with Gasteiger partial charge in [0, 0.05) is 32.1 Å². The van der Waals surface area contributed by atoms with Crippen LogP contribution in [0.2, 0.25) is 0 Å². The number of hydrogen-bond donors (Lipinski definition) is 2. The molecule has 0 unspecified atom stereocenters. The summed E-state index contributed by atoms with van der Waals surface area (Å²) in [6, 6.07) is 0. The van der Waals surface area contributed by atoms with Gasteiger partial charge in [0.25, 0.3) is 0 Å². The van der Waals surface area contributed by atoms with Gasteiger partial charge in [0.05, 0.1) is 0 Å². The summed E-state index contributed by atoms with van der Waals surface area (Å²) < 4.78 is 0. The molecule has 0 aromatic carbocycles. The Kier molecular flexibility index (Phi) is 8.25. The molecular formula is C14H27IN4O. The molecule has 0 aromatic heterocycles. The van der Waals surface area contributed by atoms with E-state index in [1.54, 1.807) is 0 Å². The van der Waals surface area contributed by atoms with Crippen LogP contribution in [-0.2, 0) is 4.79 Å². The van der Waals surface area contributed by atoms with E-state index >= 15 is 0 Å². The van der Waals surface area contributed by atoms with Crippen molar-refractivity contribution in [1.29, 1.82) is 0 Å². The SMILES string of the molecule is I.NC(=NCCCNC(=O)C1CCC1)N1CCCCC1. The lowest BCUT2D eigenvalue weighted by molar-refractivity contribution is -0.127. The Labute approximate surface area is 138 Å². The Balaban J connectivity index is 0.00000200. The molecule has 3 N–H and O–H groups in total. The van der Waals surface area contributed by atoms with Crippen LogP contribution in [0.4, 0.5) is 0 Å². The molecule has 0 spiro atoms. The zero-order valence-corrected chi connectivity index (χ0v) is 14.5. The minimum atomic E-state index is 0. The Bertz CT molecular complexity index is 325. The highest BCUT2D eigenvalue weighted by molar-refractivity contribution is 14.0. The third kappa shape index (κ3) is 5.46. The number of rotatable bonds is 5. The first-order chi connectivity index (χ1) is 9.27. The van der Waals surface area contributed by atoms with E-state index in [1.165, 1.54) is 25.7 Å². The summed E-state index contributed by atoms with van der Waals surface area (Å²) in [7, 11) is 0. The normalized spacial score (nSPS) is 20.0. The largest absolute Gasteiger partial charge is 0.370 e. The van der Waals surface area contributed by atoms with E-state index in [1.807, 2.05) is 0 Å². The molecule has 1 amide bonds. The predicted molar refractivity (Wildman–Crippen MR) is 92.3 cm³/mol. The second-order valence-corrected chi connectivity index (χ2v) is 5.56. The van der Waals surface area contributed by atoms with Gasteiger partial charge in [0.15, 0.2) is 5.96 Å². The molecule has 0 radical (unpaired) electrons. The number of piperidine rings is 1. The van der Waals surface area contributed by atoms with Crippen LogP contribution in [0.15, 0.2) is 4.99 Å². The van der Waals surface area contributed by atoms with Gasteiger partial charge in [-0.2, -0.15) is 0 Å². The predicted octanol–water partition coefficient (Wildman–Crippen LogP) is 1.71. The number of aliphatic imine (C=N–C) groups is 1. The molecule has 1 aliphatic heterocycles. The molecule has 0 atom stereocenters. The lowest BCUT2D eigenvalue weighted by Crippen LogP contribution is -2.41. The van der Waals surface area contributed by atoms with Gasteiger partial charge < -0.3 is 16.0 Å². The van der Waals surface area contributed by atoms with Crippen LogP contribution in [0, 0.1) is 5.92 Å². The first-order valence-corrected chi connectivity index (χ1v) is 7.60. The summed E-state index contributed by atoms with van der Waals surface area (Å²) in [6.07, 6.45) is 7.93. The highest BCUT2D eigenvalue weighted by Gasteiger charge is 2.24. The van der Waals surface area contributed by atoms with Crippen molar-refractivity contribution in [2.45, 2.75) is 44.9 Å². The van der Waals surface area contributed by atoms with E-state index in [9.17, 15) is 4.79 Å². The van der Waals surface area contributed by atoms with E-state index < -0.39 is 0 Å². The zero-order valence-electron chi connectivity index (χ0n) is 12.1. The van der Waals surface area contributed by atoms with Crippen molar-refractivity contribution in [3.8, 4) is 0 Å². The van der Waals surface area contributed by atoms with E-state index in [0.29, 0.717) is 19.0 Å². The van der Waals surface area contributed by atoms with E-state index in [4.69, 9.17) is 5.73 Å². The molecule has 1 saturated carbocycles. The van der Waals surface area contributed by atoms with Gasteiger partial charge in [-0.25, -0.2) is 0 Å². The molecule has 20 heavy (non-hydrogen) atoms. The molecule has 116 valence electrons. The van der Waals surface area contributed by atoms with E-state index in [0.717, 1.165) is 32.4 Å². The molecular weight excluding hydrogens is 367 g/mol. The lowest BCUT2D eigenvalue weighted by atomic mass is 9.85. The van der Waals surface area contributed by atoms with Crippen LogP contribution in [0.25, 0.3) is 0 Å². The summed E-state index contributed by atoms with van der Waals surface area (Å²) >= 11 is 0. The molecule has 0 bridgehead atoms. The Morgan fingerprint density at radius 2 is 1.90 bits per heavy atom. The summed E-state index contributed by atoms with van der Waals surface area (Å²) in [6.45, 7) is 3.49. The van der Waals surface area contributed by atoms with Crippen LogP contribution >= 0.6 is 24.0 Å². The van der Waals surface area contributed by atoms with Gasteiger partial charge in [0.2, 0.25) is 5.91 Å². The van der Waals surface area contributed by atoms with Crippen LogP contribution in [-0.4, -0.2) is 42.9 Å². The molecule has 1 saturated heterocycles. The van der Waals surface area contributed by atoms with Crippen LogP contribution in [0.1, 0.15) is 44.9 Å². The molecule has 1 aliphatic carbocycles. The minimum Gasteiger partial charge on any atom is -0.370 e. The molecule has 2 rings (SSSR count). The smallest absolute Gasteiger partial charge is 0.223 e. The summed E-state index contributed by atoms with van der Waals surface area (Å²) in [5.41, 5.74) is 5.96. The van der Waals surface area contributed by atoms with Crippen LogP contribution in [0.3, 0.4) is 0 Å². The van der Waals surface area contributed by atoms with Gasteiger partial charge in [-0.3, -0.25) is 9.79 Å². The number of likely N-dealkylation sites (tertiary alicyclic amines) is 1. The summed E-state index contributed by atoms with van der Waals surface area (Å²) in [5, 5.41) is 2.98. The lowest BCUT2D eigenvalue weighted by Gasteiger charge is -2.27. The number of nitrogens with one attached hydrogen (secondary N) is 1. The third-order valence-electron chi connectivity index (χ3n) is 4.06. The molecule has 2 fully saturated rings. The maximum absolute atomic E-state index is 11.6. The quantitative estimate of drug-likeness (QED) is 0.323. The number of nitrogens with zero attached hydrogens (tertiary/aromatic N) is 2. The fourth-order valence-electron chi connectivity index (χ4n) is 2.52. The number of guanidine groups is 1. The third-order valence-corrected chi connectivity index (χ3v) is 4.06. The average Bonchev–Trinajstić information content (AvgIpc) is 2.37. The highest BCUT2D eigenvalue weighted by Crippen LogP contribution is 2.25. The number of halogens is 1. The maximum Gasteiger partial charge on any atom is 0.223 e. The van der Waals surface area contributed by atoms with Gasteiger partial charge in [0.1, 0.15) is 0 Å². The monoisotopic (exact) mass is 394 g/mol. The standard InChI is InChI=1S/C14H26N4O.HI/c15-14(18-10-2-1-3-11-18)17-9-5-8-16-13(19)12-6-4-7-12;/h12H,1-11H2,(H2,15,17)(H,16,19);1H. The first kappa shape index (κ1) is 17.5. The van der Waals surface area contributed by atoms with Gasteiger partial charge in [-0.05, 0) is 38.5 Å². The number of carbonyl (C=O) groups is 1. The van der Waals surface area contributed by atoms with Crippen molar-refractivity contribution >= 4 is 35.8 Å². The average molecular weight is 394 g/mol. The van der Waals surface area contributed by atoms with Gasteiger partial charge in [-0.1, -0.05) is 6.42 Å². The zero-order chi connectivity index (χ0) is 13.5. The molecule has 6 heteroatoms. The molecule has 5 nitrogen and oxygen atoms in total. The maximum atomic E-state index is 11.6. The second kappa shape index (κ2) is 9.41. The van der Waals surface area contributed by atoms with Crippen molar-refractivity contribution in [2.75, 3.05) is 26.2 Å². The van der Waals surface area contributed by atoms with Crippen molar-refractivity contribution < 1.29 is 4.79 Å². The van der Waals surface area contributed by atoms with Crippen LogP contribution < -0.4 is 11.1 Å². The van der Waals surface area contributed by atoms with Crippen molar-refractivity contribution in [3.05, 3.63) is 0 Å². The Morgan fingerprint density at radius 1 is 1.20 bits per heavy atom. The molecule has 1 heterocycles. The number of hydrogen-bond acceptors (Lipinski definition) is 2. The number of carbonyl (C=O) groups excluding carboxylic acids is 1. The fourth-order valence-corrected chi connectivity index (χ4v) is 2.52. The minimum absolute atomic E-state index is 0. The summed E-state index contributed by atoms with van der Waals surface area (Å²) in [5.74, 6) is 1.17. The van der Waals surface area contributed by atoms with Crippen molar-refractivity contribution in [2.24, 2.45) is 16.6 Å². The van der Waals surface area contributed by atoms with Gasteiger partial charge in [-0.15, -0.1) is 24.0 Å². The first-order valence-electron chi connectivity index (χ1n) is 7.60. The van der Waals surface area contributed by atoms with Crippen LogP contribution in [0.5, 0.6) is 0 Å². The van der Waals surface area contributed by atoms with Crippen molar-refractivity contribution in [1.82, 2.24) is 10.2 Å². The molecule has 0 aromatic rings. The Hall–Kier alpha value is -0.530. The van der Waals surface area contributed by atoms with E-state index in [-0.39, 0.29) is 35.8 Å².